The summed E-state index contributed by atoms with van der Waals surface area (Å²) in [4.78, 5) is 45.6. The SMILES string of the molecule is C[C@@H](C(=O)NCCP(=O)(O)O)N(OCc1ccccc1)C(=O)O. The Kier molecular flexibility index (Phi) is 7.18. The topological polar surface area (TPSA) is 136 Å². The fraction of sp³-hybridized carbons (Fsp3) is 0.385. The van der Waals surface area contributed by atoms with E-state index in [0.717, 1.165) is 5.56 Å². The standard InChI is InChI=1S/C13H19N2O7P/c1-10(12(16)14-7-8-23(19,20)21)15(13(17)18)22-9-11-5-3-2-4-6-11/h2-6,10H,7-9H2,1H3,(H,14,16)(H,17,18)(H2,19,20,21)/t10-/m0/s1. The van der Waals surface area contributed by atoms with Crippen molar-refractivity contribution in [3.05, 3.63) is 35.9 Å². The van der Waals surface area contributed by atoms with E-state index in [1.165, 1.54) is 6.92 Å². The molecule has 2 amide bonds. The van der Waals surface area contributed by atoms with Crippen LogP contribution >= 0.6 is 7.60 Å². The molecule has 0 saturated carbocycles. The summed E-state index contributed by atoms with van der Waals surface area (Å²) in [6.07, 6.45) is -1.97. The first kappa shape index (κ1) is 19.1. The van der Waals surface area contributed by atoms with Crippen molar-refractivity contribution in [2.24, 2.45) is 0 Å². The van der Waals surface area contributed by atoms with Crippen LogP contribution in [-0.2, 0) is 20.8 Å². The smallest absolute Gasteiger partial charge is 0.432 e. The Morgan fingerprint density at radius 1 is 1.30 bits per heavy atom. The lowest BCUT2D eigenvalue weighted by molar-refractivity contribution is -0.172. The van der Waals surface area contributed by atoms with Crippen LogP contribution in [-0.4, -0.2) is 50.7 Å². The predicted octanol–water partition coefficient (Wildman–Crippen LogP) is 0.781. The fourth-order valence-electron chi connectivity index (χ4n) is 1.63. The third-order valence-corrected chi connectivity index (χ3v) is 3.64. The van der Waals surface area contributed by atoms with Gasteiger partial charge in [0.05, 0.1) is 6.16 Å². The Morgan fingerprint density at radius 3 is 2.43 bits per heavy atom. The molecular formula is C13H19N2O7P. The molecule has 23 heavy (non-hydrogen) atoms. The summed E-state index contributed by atoms with van der Waals surface area (Å²) < 4.78 is 10.7. The highest BCUT2D eigenvalue weighted by Crippen LogP contribution is 2.32. The highest BCUT2D eigenvalue weighted by atomic mass is 31.2. The van der Waals surface area contributed by atoms with Crippen LogP contribution in [0.4, 0.5) is 4.79 Å². The van der Waals surface area contributed by atoms with Crippen LogP contribution in [0.1, 0.15) is 12.5 Å². The van der Waals surface area contributed by atoms with Crippen LogP contribution in [0.2, 0.25) is 0 Å². The van der Waals surface area contributed by atoms with Crippen LogP contribution in [0, 0.1) is 0 Å². The van der Waals surface area contributed by atoms with Gasteiger partial charge >= 0.3 is 13.7 Å². The van der Waals surface area contributed by atoms with Gasteiger partial charge in [0, 0.05) is 6.54 Å². The van der Waals surface area contributed by atoms with Gasteiger partial charge in [-0.25, -0.2) is 4.79 Å². The highest BCUT2D eigenvalue weighted by Gasteiger charge is 2.27. The molecule has 0 unspecified atom stereocenters. The average molecular weight is 346 g/mol. The van der Waals surface area contributed by atoms with Gasteiger partial charge in [0.25, 0.3) is 0 Å². The van der Waals surface area contributed by atoms with E-state index >= 15 is 0 Å². The number of nitrogens with zero attached hydrogens (tertiary/aromatic N) is 1. The minimum absolute atomic E-state index is 0.0345. The van der Waals surface area contributed by atoms with Crippen molar-refractivity contribution in [3.8, 4) is 0 Å². The van der Waals surface area contributed by atoms with Gasteiger partial charge in [0.2, 0.25) is 5.91 Å². The second kappa shape index (κ2) is 8.64. The summed E-state index contributed by atoms with van der Waals surface area (Å²) in [5.41, 5.74) is 0.729. The van der Waals surface area contributed by atoms with E-state index in [4.69, 9.17) is 19.7 Å². The monoisotopic (exact) mass is 346 g/mol. The van der Waals surface area contributed by atoms with Gasteiger partial charge in [-0.15, -0.1) is 0 Å². The van der Waals surface area contributed by atoms with Crippen molar-refractivity contribution in [1.29, 1.82) is 0 Å². The summed E-state index contributed by atoms with van der Waals surface area (Å²) in [6.45, 7) is 1.01. The fourth-order valence-corrected chi connectivity index (χ4v) is 2.03. The van der Waals surface area contributed by atoms with E-state index in [-0.39, 0.29) is 13.2 Å². The number of amides is 2. The lowest BCUT2D eigenvalue weighted by Gasteiger charge is -2.24. The van der Waals surface area contributed by atoms with Crippen molar-refractivity contribution in [2.45, 2.75) is 19.6 Å². The van der Waals surface area contributed by atoms with E-state index in [0.29, 0.717) is 5.06 Å². The molecule has 1 atom stereocenters. The molecule has 0 heterocycles. The highest BCUT2D eigenvalue weighted by molar-refractivity contribution is 7.51. The van der Waals surface area contributed by atoms with Crippen molar-refractivity contribution in [3.63, 3.8) is 0 Å². The largest absolute Gasteiger partial charge is 0.463 e. The van der Waals surface area contributed by atoms with Crippen LogP contribution in [0.25, 0.3) is 0 Å². The van der Waals surface area contributed by atoms with E-state index < -0.39 is 31.8 Å². The van der Waals surface area contributed by atoms with E-state index in [1.807, 2.05) is 0 Å². The summed E-state index contributed by atoms with van der Waals surface area (Å²) in [5, 5.41) is 11.9. The normalized spacial score (nSPS) is 12.5. The molecule has 1 rings (SSSR count). The number of hydroxylamine groups is 2. The lowest BCUT2D eigenvalue weighted by Crippen LogP contribution is -2.47. The number of hydrogen-bond acceptors (Lipinski definition) is 4. The number of carbonyl (C=O) groups is 2. The quantitative estimate of drug-likeness (QED) is 0.403. The Labute approximate surface area is 133 Å². The summed E-state index contributed by atoms with van der Waals surface area (Å²) in [7, 11) is -4.22. The lowest BCUT2D eigenvalue weighted by atomic mass is 10.2. The molecule has 0 aromatic heterocycles. The van der Waals surface area contributed by atoms with Crippen molar-refractivity contribution < 1.29 is 33.9 Å². The Balaban J connectivity index is 2.56. The zero-order valence-corrected chi connectivity index (χ0v) is 13.3. The van der Waals surface area contributed by atoms with Crippen molar-refractivity contribution in [2.75, 3.05) is 12.7 Å². The van der Waals surface area contributed by atoms with Crippen molar-refractivity contribution >= 4 is 19.6 Å². The zero-order valence-electron chi connectivity index (χ0n) is 12.5. The number of carbonyl (C=O) groups excluding carboxylic acids is 1. The molecule has 0 saturated heterocycles. The minimum Gasteiger partial charge on any atom is -0.463 e. The van der Waals surface area contributed by atoms with Gasteiger partial charge in [-0.3, -0.25) is 14.2 Å². The van der Waals surface area contributed by atoms with Gasteiger partial charge in [0.15, 0.2) is 0 Å². The first-order chi connectivity index (χ1) is 10.7. The van der Waals surface area contributed by atoms with Gasteiger partial charge < -0.3 is 20.2 Å². The number of carboxylic acid groups (broad SMARTS) is 1. The molecule has 9 nitrogen and oxygen atoms in total. The second-order valence-electron chi connectivity index (χ2n) is 4.72. The third kappa shape index (κ3) is 7.25. The third-order valence-electron chi connectivity index (χ3n) is 2.84. The maximum atomic E-state index is 11.8. The van der Waals surface area contributed by atoms with Crippen LogP contribution in [0.15, 0.2) is 30.3 Å². The maximum Gasteiger partial charge on any atom is 0.432 e. The van der Waals surface area contributed by atoms with E-state index in [1.54, 1.807) is 30.3 Å². The maximum absolute atomic E-state index is 11.8. The molecule has 1 aromatic carbocycles. The van der Waals surface area contributed by atoms with Crippen molar-refractivity contribution in [1.82, 2.24) is 10.4 Å². The van der Waals surface area contributed by atoms with Crippen LogP contribution in [0.5, 0.6) is 0 Å². The van der Waals surface area contributed by atoms with Gasteiger partial charge in [0.1, 0.15) is 12.6 Å². The molecule has 0 aliphatic rings. The Hall–Kier alpha value is -1.93. The van der Waals surface area contributed by atoms with Crippen LogP contribution < -0.4 is 5.32 Å². The summed E-state index contributed by atoms with van der Waals surface area (Å²) >= 11 is 0. The summed E-state index contributed by atoms with van der Waals surface area (Å²) in [5.74, 6) is -0.714. The number of hydrogen-bond donors (Lipinski definition) is 4. The zero-order chi connectivity index (χ0) is 17.5. The molecule has 0 fully saturated rings. The number of nitrogens with one attached hydrogen (secondary N) is 1. The van der Waals surface area contributed by atoms with Gasteiger partial charge in [-0.2, -0.15) is 5.06 Å². The molecule has 0 aliphatic carbocycles. The molecular weight excluding hydrogens is 327 g/mol. The predicted molar refractivity (Wildman–Crippen MR) is 80.5 cm³/mol. The molecule has 0 radical (unpaired) electrons. The van der Waals surface area contributed by atoms with E-state index in [2.05, 4.69) is 5.32 Å². The first-order valence-corrected chi connectivity index (χ1v) is 8.52. The molecule has 0 bridgehead atoms. The minimum atomic E-state index is -4.22. The number of rotatable bonds is 8. The van der Waals surface area contributed by atoms with Crippen LogP contribution in [0.3, 0.4) is 0 Å². The molecule has 4 N–H and O–H groups in total. The Bertz CT molecular complexity index is 575. The van der Waals surface area contributed by atoms with E-state index in [9.17, 15) is 14.2 Å². The Morgan fingerprint density at radius 2 is 1.91 bits per heavy atom. The van der Waals surface area contributed by atoms with Gasteiger partial charge in [-0.05, 0) is 12.5 Å². The van der Waals surface area contributed by atoms with Gasteiger partial charge in [-0.1, -0.05) is 30.3 Å². The molecule has 128 valence electrons. The first-order valence-electron chi connectivity index (χ1n) is 6.72. The molecule has 1 aromatic rings. The summed E-state index contributed by atoms with van der Waals surface area (Å²) in [6, 6.07) is 7.64. The number of benzene rings is 1. The molecule has 0 aliphatic heterocycles. The molecule has 10 heteroatoms. The second-order valence-corrected chi connectivity index (χ2v) is 6.50. The average Bonchev–Trinajstić information content (AvgIpc) is 2.46. The molecule has 0 spiro atoms.